The Kier molecular flexibility index (Phi) is 3.59. The van der Waals surface area contributed by atoms with Crippen molar-refractivity contribution in [3.05, 3.63) is 39.4 Å². The van der Waals surface area contributed by atoms with Crippen molar-refractivity contribution in [2.45, 2.75) is 38.3 Å². The molecule has 1 saturated heterocycles. The maximum absolute atomic E-state index is 12.9. The molecule has 0 radical (unpaired) electrons. The van der Waals surface area contributed by atoms with Gasteiger partial charge in [0, 0.05) is 23.2 Å². The molecular weight excluding hydrogens is 302 g/mol. The largest absolute Gasteiger partial charge is 0.323 e. The molecule has 1 aliphatic carbocycles. The Morgan fingerprint density at radius 1 is 1.35 bits per heavy atom. The van der Waals surface area contributed by atoms with E-state index in [0.717, 1.165) is 12.8 Å². The summed E-state index contributed by atoms with van der Waals surface area (Å²) >= 11 is 0. The minimum atomic E-state index is -0.832. The lowest BCUT2D eigenvalue weighted by Gasteiger charge is -2.27. The van der Waals surface area contributed by atoms with Gasteiger partial charge < -0.3 is 4.90 Å². The van der Waals surface area contributed by atoms with E-state index < -0.39 is 28.7 Å². The third-order valence-electron chi connectivity index (χ3n) is 4.19. The number of rotatable bonds is 4. The van der Waals surface area contributed by atoms with Crippen LogP contribution in [0.1, 0.15) is 35.2 Å². The third kappa shape index (κ3) is 2.67. The molecule has 1 aliphatic heterocycles. The van der Waals surface area contributed by atoms with Crippen molar-refractivity contribution in [2.75, 3.05) is 0 Å². The van der Waals surface area contributed by atoms with E-state index in [9.17, 15) is 24.5 Å². The highest BCUT2D eigenvalue weighted by atomic mass is 16.6. The second-order valence-electron chi connectivity index (χ2n) is 5.78. The molecule has 2 fully saturated rings. The molecule has 1 aromatic rings. The summed E-state index contributed by atoms with van der Waals surface area (Å²) in [6.45, 7) is 1.51. The highest BCUT2D eigenvalue weighted by Gasteiger charge is 2.45. The van der Waals surface area contributed by atoms with Crippen LogP contribution in [0, 0.1) is 17.0 Å². The Morgan fingerprint density at radius 2 is 2.04 bits per heavy atom. The summed E-state index contributed by atoms with van der Waals surface area (Å²) < 4.78 is 0. The summed E-state index contributed by atoms with van der Waals surface area (Å²) in [5.41, 5.74) is 0.315. The average molecular weight is 317 g/mol. The van der Waals surface area contributed by atoms with Crippen molar-refractivity contribution in [1.29, 1.82) is 0 Å². The zero-order chi connectivity index (χ0) is 16.7. The van der Waals surface area contributed by atoms with Crippen LogP contribution in [0.25, 0.3) is 0 Å². The number of hydrogen-bond donors (Lipinski definition) is 1. The maximum atomic E-state index is 12.9. The third-order valence-corrected chi connectivity index (χ3v) is 4.19. The van der Waals surface area contributed by atoms with Gasteiger partial charge in [0.1, 0.15) is 6.04 Å². The lowest BCUT2D eigenvalue weighted by molar-refractivity contribution is -0.385. The van der Waals surface area contributed by atoms with Crippen LogP contribution in [0.4, 0.5) is 5.69 Å². The molecule has 8 nitrogen and oxygen atoms in total. The van der Waals surface area contributed by atoms with Crippen LogP contribution >= 0.6 is 0 Å². The van der Waals surface area contributed by atoms with Crippen molar-refractivity contribution < 1.29 is 19.3 Å². The van der Waals surface area contributed by atoms with Crippen LogP contribution in [-0.2, 0) is 9.59 Å². The highest BCUT2D eigenvalue weighted by molar-refractivity contribution is 6.08. The number of benzene rings is 1. The predicted octanol–water partition coefficient (Wildman–Crippen LogP) is 0.923. The SMILES string of the molecule is Cc1c(C(=O)N(C2CC2)C2CC(=O)NC2=O)cccc1[N+](=O)[O-]. The summed E-state index contributed by atoms with van der Waals surface area (Å²) in [4.78, 5) is 48.1. The van der Waals surface area contributed by atoms with Gasteiger partial charge in [0.05, 0.1) is 11.3 Å². The molecule has 3 rings (SSSR count). The summed E-state index contributed by atoms with van der Waals surface area (Å²) in [6.07, 6.45) is 1.46. The predicted molar refractivity (Wildman–Crippen MR) is 78.6 cm³/mol. The minimum Gasteiger partial charge on any atom is -0.323 e. The highest BCUT2D eigenvalue weighted by Crippen LogP contribution is 2.33. The van der Waals surface area contributed by atoms with Gasteiger partial charge in [-0.25, -0.2) is 0 Å². The van der Waals surface area contributed by atoms with Crippen molar-refractivity contribution in [1.82, 2.24) is 10.2 Å². The number of nitro benzene ring substituents is 1. The summed E-state index contributed by atoms with van der Waals surface area (Å²) in [6, 6.07) is 3.36. The van der Waals surface area contributed by atoms with Crippen LogP contribution in [0.5, 0.6) is 0 Å². The first-order chi connectivity index (χ1) is 10.9. The first kappa shape index (κ1) is 15.1. The molecule has 120 valence electrons. The van der Waals surface area contributed by atoms with E-state index in [4.69, 9.17) is 0 Å². The molecule has 1 atom stereocenters. The van der Waals surface area contributed by atoms with Gasteiger partial charge in [0.2, 0.25) is 11.8 Å². The number of hydrogen-bond acceptors (Lipinski definition) is 5. The Bertz CT molecular complexity index is 726. The number of nitrogens with one attached hydrogen (secondary N) is 1. The lowest BCUT2D eigenvalue weighted by Crippen LogP contribution is -2.46. The van der Waals surface area contributed by atoms with Crippen molar-refractivity contribution in [3.8, 4) is 0 Å². The van der Waals surface area contributed by atoms with Crippen LogP contribution in [0.2, 0.25) is 0 Å². The van der Waals surface area contributed by atoms with Gasteiger partial charge in [-0.2, -0.15) is 0 Å². The van der Waals surface area contributed by atoms with E-state index in [1.54, 1.807) is 0 Å². The van der Waals surface area contributed by atoms with E-state index >= 15 is 0 Å². The van der Waals surface area contributed by atoms with Crippen LogP contribution in [-0.4, -0.2) is 39.6 Å². The maximum Gasteiger partial charge on any atom is 0.273 e. The first-order valence-electron chi connectivity index (χ1n) is 7.30. The zero-order valence-electron chi connectivity index (χ0n) is 12.4. The molecule has 1 N–H and O–H groups in total. The topological polar surface area (TPSA) is 110 Å². The Morgan fingerprint density at radius 3 is 2.57 bits per heavy atom. The van der Waals surface area contributed by atoms with E-state index in [-0.39, 0.29) is 29.3 Å². The fourth-order valence-electron chi connectivity index (χ4n) is 2.87. The smallest absolute Gasteiger partial charge is 0.273 e. The fourth-order valence-corrected chi connectivity index (χ4v) is 2.87. The summed E-state index contributed by atoms with van der Waals surface area (Å²) in [5.74, 6) is -1.34. The number of nitro groups is 1. The summed E-state index contributed by atoms with van der Waals surface area (Å²) in [5, 5.41) is 13.2. The van der Waals surface area contributed by atoms with Gasteiger partial charge in [0.15, 0.2) is 0 Å². The quantitative estimate of drug-likeness (QED) is 0.504. The molecule has 1 saturated carbocycles. The zero-order valence-corrected chi connectivity index (χ0v) is 12.4. The first-order valence-corrected chi connectivity index (χ1v) is 7.30. The molecule has 3 amide bonds. The molecule has 0 aromatic heterocycles. The number of carbonyl (C=O) groups excluding carboxylic acids is 3. The molecule has 0 spiro atoms. The lowest BCUT2D eigenvalue weighted by atomic mass is 10.0. The van der Waals surface area contributed by atoms with E-state index in [0.29, 0.717) is 0 Å². The number of nitrogens with zero attached hydrogens (tertiary/aromatic N) is 2. The fraction of sp³-hybridized carbons (Fsp3) is 0.400. The molecule has 1 heterocycles. The number of carbonyl (C=O) groups is 3. The molecule has 2 aliphatic rings. The van der Waals surface area contributed by atoms with Crippen LogP contribution < -0.4 is 5.32 Å². The van der Waals surface area contributed by atoms with Crippen molar-refractivity contribution in [2.24, 2.45) is 0 Å². The second-order valence-corrected chi connectivity index (χ2v) is 5.78. The van der Waals surface area contributed by atoms with Crippen molar-refractivity contribution in [3.63, 3.8) is 0 Å². The van der Waals surface area contributed by atoms with Crippen LogP contribution in [0.15, 0.2) is 18.2 Å². The number of imide groups is 1. The second kappa shape index (κ2) is 5.45. The number of amides is 3. The van der Waals surface area contributed by atoms with Gasteiger partial charge in [-0.05, 0) is 25.8 Å². The molecule has 8 heteroatoms. The Balaban J connectivity index is 1.97. The van der Waals surface area contributed by atoms with Gasteiger partial charge in [-0.3, -0.25) is 29.8 Å². The van der Waals surface area contributed by atoms with E-state index in [1.807, 2.05) is 0 Å². The Hall–Kier alpha value is -2.77. The van der Waals surface area contributed by atoms with E-state index in [1.165, 1.54) is 30.0 Å². The molecule has 1 unspecified atom stereocenters. The van der Waals surface area contributed by atoms with Gasteiger partial charge in [-0.1, -0.05) is 6.07 Å². The average Bonchev–Trinajstić information content (AvgIpc) is 3.25. The normalized spacial score (nSPS) is 20.3. The minimum absolute atomic E-state index is 0.0605. The Labute approximate surface area is 131 Å². The van der Waals surface area contributed by atoms with Crippen LogP contribution in [0.3, 0.4) is 0 Å². The van der Waals surface area contributed by atoms with Gasteiger partial charge in [0.25, 0.3) is 11.6 Å². The van der Waals surface area contributed by atoms with E-state index in [2.05, 4.69) is 5.32 Å². The molecular formula is C15H15N3O5. The molecule has 0 bridgehead atoms. The van der Waals surface area contributed by atoms with Gasteiger partial charge >= 0.3 is 0 Å². The van der Waals surface area contributed by atoms with Gasteiger partial charge in [-0.15, -0.1) is 0 Å². The molecule has 23 heavy (non-hydrogen) atoms. The monoisotopic (exact) mass is 317 g/mol. The molecule has 1 aromatic carbocycles. The summed E-state index contributed by atoms with van der Waals surface area (Å²) in [7, 11) is 0. The van der Waals surface area contributed by atoms with Crippen molar-refractivity contribution >= 4 is 23.4 Å². The standard InChI is InChI=1S/C15H15N3O5/c1-8-10(3-2-4-11(8)18(22)23)15(21)17(9-5-6-9)12-7-13(19)16-14(12)20/h2-4,9,12H,5-7H2,1H3,(H,16,19,20).